The zero-order chi connectivity index (χ0) is 22.9. The SMILES string of the molecule is COc1cc(CN2C(=O)N(Cc3ccc4c(c3)OCO4)C(=O)C3NCCCC32)cc(OC)c1. The molecule has 174 valence electrons. The van der Waals surface area contributed by atoms with Crippen LogP contribution >= 0.6 is 0 Å². The molecule has 3 amide bonds. The minimum absolute atomic E-state index is 0.164. The van der Waals surface area contributed by atoms with Gasteiger partial charge < -0.3 is 29.2 Å². The molecule has 2 aromatic rings. The van der Waals surface area contributed by atoms with E-state index < -0.39 is 6.04 Å². The van der Waals surface area contributed by atoms with E-state index in [1.807, 2.05) is 24.3 Å². The van der Waals surface area contributed by atoms with E-state index in [-0.39, 0.29) is 31.3 Å². The van der Waals surface area contributed by atoms with Crippen molar-refractivity contribution in [3.63, 3.8) is 0 Å². The number of hydrogen-bond acceptors (Lipinski definition) is 7. The Hall–Kier alpha value is -3.46. The van der Waals surface area contributed by atoms with E-state index in [0.29, 0.717) is 29.5 Å². The molecule has 2 atom stereocenters. The summed E-state index contributed by atoms with van der Waals surface area (Å²) in [6.07, 6.45) is 1.68. The van der Waals surface area contributed by atoms with Gasteiger partial charge in [0.05, 0.1) is 26.8 Å². The third-order valence-corrected chi connectivity index (χ3v) is 6.38. The zero-order valence-corrected chi connectivity index (χ0v) is 18.7. The number of nitrogens with zero attached hydrogens (tertiary/aromatic N) is 2. The molecular weight excluding hydrogens is 426 g/mol. The molecule has 2 unspecified atom stereocenters. The van der Waals surface area contributed by atoms with E-state index in [0.717, 1.165) is 30.5 Å². The van der Waals surface area contributed by atoms with Crippen LogP contribution in [0, 0.1) is 0 Å². The number of amides is 3. The van der Waals surface area contributed by atoms with Crippen molar-refractivity contribution in [2.24, 2.45) is 0 Å². The molecule has 9 nitrogen and oxygen atoms in total. The maximum absolute atomic E-state index is 13.6. The molecule has 0 aromatic heterocycles. The number of rotatable bonds is 6. The van der Waals surface area contributed by atoms with E-state index in [9.17, 15) is 9.59 Å². The second kappa shape index (κ2) is 8.82. The van der Waals surface area contributed by atoms with Crippen molar-refractivity contribution in [2.45, 2.75) is 38.0 Å². The lowest BCUT2D eigenvalue weighted by Gasteiger charge is -2.47. The first-order valence-electron chi connectivity index (χ1n) is 11.0. The van der Waals surface area contributed by atoms with Crippen LogP contribution in [0.15, 0.2) is 36.4 Å². The number of nitrogens with one attached hydrogen (secondary N) is 1. The molecule has 0 saturated carbocycles. The topological polar surface area (TPSA) is 89.6 Å². The highest BCUT2D eigenvalue weighted by Crippen LogP contribution is 2.34. The van der Waals surface area contributed by atoms with E-state index in [1.165, 1.54) is 4.90 Å². The van der Waals surface area contributed by atoms with E-state index in [1.54, 1.807) is 31.3 Å². The van der Waals surface area contributed by atoms with Crippen molar-refractivity contribution in [1.29, 1.82) is 0 Å². The second-order valence-electron chi connectivity index (χ2n) is 8.38. The molecule has 9 heteroatoms. The average Bonchev–Trinajstić information content (AvgIpc) is 3.32. The molecule has 33 heavy (non-hydrogen) atoms. The van der Waals surface area contributed by atoms with Gasteiger partial charge in [-0.15, -0.1) is 0 Å². The van der Waals surface area contributed by atoms with Crippen LogP contribution < -0.4 is 24.3 Å². The summed E-state index contributed by atoms with van der Waals surface area (Å²) in [7, 11) is 3.19. The summed E-state index contributed by atoms with van der Waals surface area (Å²) in [5.74, 6) is 2.40. The van der Waals surface area contributed by atoms with Crippen molar-refractivity contribution in [1.82, 2.24) is 15.1 Å². The van der Waals surface area contributed by atoms with Crippen LogP contribution in [0.5, 0.6) is 23.0 Å². The summed E-state index contributed by atoms with van der Waals surface area (Å²) in [5, 5.41) is 3.33. The Kier molecular flexibility index (Phi) is 5.72. The summed E-state index contributed by atoms with van der Waals surface area (Å²) >= 11 is 0. The van der Waals surface area contributed by atoms with Crippen LogP contribution in [-0.2, 0) is 17.9 Å². The van der Waals surface area contributed by atoms with Gasteiger partial charge in [0.2, 0.25) is 12.7 Å². The Bertz CT molecular complexity index is 1050. The first-order valence-corrected chi connectivity index (χ1v) is 11.0. The van der Waals surface area contributed by atoms with E-state index in [2.05, 4.69) is 5.32 Å². The van der Waals surface area contributed by atoms with Gasteiger partial charge in [0.15, 0.2) is 11.5 Å². The average molecular weight is 453 g/mol. The normalized spacial score (nSPS) is 21.8. The van der Waals surface area contributed by atoms with Gasteiger partial charge in [-0.25, -0.2) is 4.79 Å². The summed E-state index contributed by atoms with van der Waals surface area (Å²) in [5.41, 5.74) is 1.68. The van der Waals surface area contributed by atoms with Gasteiger partial charge in [-0.2, -0.15) is 0 Å². The van der Waals surface area contributed by atoms with Gasteiger partial charge in [-0.1, -0.05) is 6.07 Å². The van der Waals surface area contributed by atoms with Crippen molar-refractivity contribution < 1.29 is 28.5 Å². The fourth-order valence-electron chi connectivity index (χ4n) is 4.72. The van der Waals surface area contributed by atoms with Crippen molar-refractivity contribution in [2.75, 3.05) is 27.6 Å². The monoisotopic (exact) mass is 453 g/mol. The van der Waals surface area contributed by atoms with Gasteiger partial charge >= 0.3 is 6.03 Å². The predicted molar refractivity (Wildman–Crippen MR) is 118 cm³/mol. The van der Waals surface area contributed by atoms with Crippen molar-refractivity contribution in [3.8, 4) is 23.0 Å². The van der Waals surface area contributed by atoms with Gasteiger partial charge in [0.1, 0.15) is 17.5 Å². The lowest BCUT2D eigenvalue weighted by Crippen LogP contribution is -2.68. The maximum atomic E-state index is 13.6. The Morgan fingerprint density at radius 1 is 0.970 bits per heavy atom. The largest absolute Gasteiger partial charge is 0.497 e. The maximum Gasteiger partial charge on any atom is 0.327 e. The summed E-state index contributed by atoms with van der Waals surface area (Å²) in [4.78, 5) is 30.1. The second-order valence-corrected chi connectivity index (χ2v) is 8.38. The number of urea groups is 1. The molecule has 5 rings (SSSR count). The first kappa shape index (κ1) is 21.4. The van der Waals surface area contributed by atoms with Crippen molar-refractivity contribution in [3.05, 3.63) is 47.5 Å². The lowest BCUT2D eigenvalue weighted by atomic mass is 9.92. The molecule has 1 N–H and O–H groups in total. The van der Waals surface area contributed by atoms with Crippen LogP contribution in [0.2, 0.25) is 0 Å². The Morgan fingerprint density at radius 3 is 2.48 bits per heavy atom. The highest BCUT2D eigenvalue weighted by Gasteiger charge is 2.47. The van der Waals surface area contributed by atoms with Crippen LogP contribution in [0.25, 0.3) is 0 Å². The highest BCUT2D eigenvalue weighted by molar-refractivity contribution is 6.00. The number of benzene rings is 2. The third-order valence-electron chi connectivity index (χ3n) is 6.38. The number of methoxy groups -OCH3 is 2. The quantitative estimate of drug-likeness (QED) is 0.719. The molecule has 2 aromatic carbocycles. The van der Waals surface area contributed by atoms with Crippen molar-refractivity contribution >= 4 is 11.9 Å². The Labute approximate surface area is 192 Å². The number of imide groups is 1. The minimum Gasteiger partial charge on any atom is -0.497 e. The number of piperidine rings is 1. The molecule has 0 bridgehead atoms. The fourth-order valence-corrected chi connectivity index (χ4v) is 4.72. The number of fused-ring (bicyclic) bond motifs is 2. The summed E-state index contributed by atoms with van der Waals surface area (Å²) < 4.78 is 21.6. The van der Waals surface area contributed by atoms with Gasteiger partial charge in [0.25, 0.3) is 0 Å². The molecule has 3 aliphatic rings. The van der Waals surface area contributed by atoms with Gasteiger partial charge in [0, 0.05) is 12.6 Å². The predicted octanol–water partition coefficient (Wildman–Crippen LogP) is 2.52. The minimum atomic E-state index is -0.432. The van der Waals surface area contributed by atoms with Gasteiger partial charge in [-0.05, 0) is 54.8 Å². The lowest BCUT2D eigenvalue weighted by molar-refractivity contribution is -0.137. The molecule has 0 aliphatic carbocycles. The van der Waals surface area contributed by atoms with E-state index >= 15 is 0 Å². The number of ether oxygens (including phenoxy) is 4. The van der Waals surface area contributed by atoms with Gasteiger partial charge in [-0.3, -0.25) is 9.69 Å². The van der Waals surface area contributed by atoms with E-state index in [4.69, 9.17) is 18.9 Å². The third kappa shape index (κ3) is 4.04. The molecule has 2 fully saturated rings. The van der Waals surface area contributed by atoms with Crippen LogP contribution in [0.3, 0.4) is 0 Å². The van der Waals surface area contributed by atoms with Crippen LogP contribution in [-0.4, -0.2) is 61.4 Å². The summed E-state index contributed by atoms with van der Waals surface area (Å²) in [6.45, 7) is 1.43. The van der Waals surface area contributed by atoms with Crippen LogP contribution in [0.4, 0.5) is 4.79 Å². The molecule has 3 heterocycles. The molecule has 0 spiro atoms. The standard InChI is InChI=1S/C24H27N3O6/c1-30-17-8-16(9-18(11-17)31-2)13-26-19-4-3-7-25-22(19)23(28)27(24(26)29)12-15-5-6-20-21(10-15)33-14-32-20/h5-6,8-11,19,22,25H,3-4,7,12-14H2,1-2H3. The number of hydrogen-bond donors (Lipinski definition) is 1. The number of carbonyl (C=O) groups is 2. The molecular formula is C24H27N3O6. The molecule has 0 radical (unpaired) electrons. The highest BCUT2D eigenvalue weighted by atomic mass is 16.7. The van der Waals surface area contributed by atoms with Crippen LogP contribution in [0.1, 0.15) is 24.0 Å². The fraction of sp³-hybridized carbons (Fsp3) is 0.417. The Morgan fingerprint density at radius 2 is 1.73 bits per heavy atom. The molecule has 3 aliphatic heterocycles. The zero-order valence-electron chi connectivity index (χ0n) is 18.7. The molecule has 2 saturated heterocycles. The Balaban J connectivity index is 1.44. The first-order chi connectivity index (χ1) is 16.1. The number of carbonyl (C=O) groups excluding carboxylic acids is 2. The smallest absolute Gasteiger partial charge is 0.327 e. The summed E-state index contributed by atoms with van der Waals surface area (Å²) in [6, 6.07) is 10.1.